The summed E-state index contributed by atoms with van der Waals surface area (Å²) in [7, 11) is 0. The number of aryl methyl sites for hydroxylation is 1. The van der Waals surface area contributed by atoms with Crippen molar-refractivity contribution < 1.29 is 0 Å². The van der Waals surface area contributed by atoms with Crippen molar-refractivity contribution in [1.82, 2.24) is 4.98 Å². The van der Waals surface area contributed by atoms with Gasteiger partial charge in [0.25, 0.3) is 0 Å². The summed E-state index contributed by atoms with van der Waals surface area (Å²) in [5.41, 5.74) is 1.17. The zero-order chi connectivity index (χ0) is 12.1. The molecule has 90 valence electrons. The minimum atomic E-state index is 0.857. The van der Waals surface area contributed by atoms with Gasteiger partial charge in [-0.25, -0.2) is 4.98 Å². The minimum absolute atomic E-state index is 0.857. The number of thiazole rings is 1. The van der Waals surface area contributed by atoms with E-state index in [1.54, 1.807) is 23.1 Å². The van der Waals surface area contributed by atoms with Gasteiger partial charge in [-0.1, -0.05) is 13.0 Å². The lowest BCUT2D eigenvalue weighted by molar-refractivity contribution is 1.09. The molecule has 1 heterocycles. The van der Waals surface area contributed by atoms with E-state index in [1.807, 2.05) is 6.20 Å². The molecule has 0 radical (unpaired) electrons. The topological polar surface area (TPSA) is 24.9 Å². The van der Waals surface area contributed by atoms with Crippen LogP contribution in [0.3, 0.4) is 0 Å². The van der Waals surface area contributed by atoms with E-state index in [0.717, 1.165) is 13.0 Å². The van der Waals surface area contributed by atoms with Crippen molar-refractivity contribution in [3.63, 3.8) is 0 Å². The Kier molecular flexibility index (Phi) is 4.45. The van der Waals surface area contributed by atoms with Crippen molar-refractivity contribution in [2.75, 3.05) is 11.6 Å². The number of aromatic nitrogens is 1. The highest BCUT2D eigenvalue weighted by molar-refractivity contribution is 7.98. The van der Waals surface area contributed by atoms with Gasteiger partial charge in [0.1, 0.15) is 0 Å². The van der Waals surface area contributed by atoms with Crippen molar-refractivity contribution in [1.29, 1.82) is 0 Å². The van der Waals surface area contributed by atoms with Crippen LogP contribution >= 0.6 is 23.1 Å². The molecule has 0 aliphatic rings. The molecule has 1 aromatic heterocycles. The number of anilines is 1. The molecule has 2 nitrogen and oxygen atoms in total. The lowest BCUT2D eigenvalue weighted by Crippen LogP contribution is -1.96. The van der Waals surface area contributed by atoms with Gasteiger partial charge in [0, 0.05) is 21.7 Å². The van der Waals surface area contributed by atoms with E-state index >= 15 is 0 Å². The first-order chi connectivity index (χ1) is 8.31. The summed E-state index contributed by atoms with van der Waals surface area (Å²) >= 11 is 3.55. The van der Waals surface area contributed by atoms with E-state index in [1.165, 1.54) is 20.5 Å². The molecule has 1 N–H and O–H groups in total. The average Bonchev–Trinajstić information content (AvgIpc) is 2.84. The first-order valence-electron chi connectivity index (χ1n) is 5.63. The van der Waals surface area contributed by atoms with Gasteiger partial charge in [0.2, 0.25) is 0 Å². The molecule has 0 amide bonds. The first kappa shape index (κ1) is 12.5. The van der Waals surface area contributed by atoms with Crippen molar-refractivity contribution in [3.8, 4) is 0 Å². The van der Waals surface area contributed by atoms with Gasteiger partial charge in [0.15, 0.2) is 0 Å². The van der Waals surface area contributed by atoms with Gasteiger partial charge in [0.05, 0.1) is 11.6 Å². The standard InChI is InChI=1S/C13H16N2S2/c1-3-13-15-9-12(17-13)8-14-10-5-4-6-11(7-10)16-2/h4-7,9,14H,3,8H2,1-2H3. The Bertz CT molecular complexity index is 480. The zero-order valence-electron chi connectivity index (χ0n) is 10.1. The molecule has 0 unspecified atom stereocenters. The van der Waals surface area contributed by atoms with Gasteiger partial charge in [-0.15, -0.1) is 23.1 Å². The van der Waals surface area contributed by atoms with Gasteiger partial charge < -0.3 is 5.32 Å². The van der Waals surface area contributed by atoms with Crippen LogP contribution in [0.15, 0.2) is 35.4 Å². The van der Waals surface area contributed by atoms with Crippen molar-refractivity contribution >= 4 is 28.8 Å². The molecular weight excluding hydrogens is 248 g/mol. The lowest BCUT2D eigenvalue weighted by atomic mass is 10.3. The van der Waals surface area contributed by atoms with Crippen LogP contribution in [0.25, 0.3) is 0 Å². The summed E-state index contributed by atoms with van der Waals surface area (Å²) in [5, 5.41) is 4.64. The predicted molar refractivity (Wildman–Crippen MR) is 77.0 cm³/mol. The number of hydrogen-bond donors (Lipinski definition) is 1. The van der Waals surface area contributed by atoms with Crippen molar-refractivity contribution in [2.45, 2.75) is 24.8 Å². The average molecular weight is 264 g/mol. The number of nitrogens with one attached hydrogen (secondary N) is 1. The highest BCUT2D eigenvalue weighted by Crippen LogP contribution is 2.20. The van der Waals surface area contributed by atoms with Crippen LogP contribution in [0, 0.1) is 0 Å². The number of rotatable bonds is 5. The molecule has 2 rings (SSSR count). The van der Waals surface area contributed by atoms with Crippen LogP contribution in [0.2, 0.25) is 0 Å². The molecule has 0 saturated heterocycles. The number of benzene rings is 1. The number of nitrogens with zero attached hydrogens (tertiary/aromatic N) is 1. The third-order valence-electron chi connectivity index (χ3n) is 2.44. The summed E-state index contributed by atoms with van der Waals surface area (Å²) in [5.74, 6) is 0. The maximum absolute atomic E-state index is 4.36. The normalized spacial score (nSPS) is 10.5. The monoisotopic (exact) mass is 264 g/mol. The van der Waals surface area contributed by atoms with Gasteiger partial charge in [-0.3, -0.25) is 0 Å². The molecule has 0 spiro atoms. The fraction of sp³-hybridized carbons (Fsp3) is 0.308. The quantitative estimate of drug-likeness (QED) is 0.825. The maximum Gasteiger partial charge on any atom is 0.0925 e. The van der Waals surface area contributed by atoms with E-state index in [9.17, 15) is 0 Å². The number of thioether (sulfide) groups is 1. The Hall–Kier alpha value is -1.000. The highest BCUT2D eigenvalue weighted by atomic mass is 32.2. The summed E-state index contributed by atoms with van der Waals surface area (Å²) < 4.78 is 0. The van der Waals surface area contributed by atoms with Crippen LogP contribution in [0.1, 0.15) is 16.8 Å². The molecule has 0 fully saturated rings. The van der Waals surface area contributed by atoms with E-state index in [0.29, 0.717) is 0 Å². The Labute approximate surface area is 110 Å². The van der Waals surface area contributed by atoms with Gasteiger partial charge in [-0.2, -0.15) is 0 Å². The van der Waals surface area contributed by atoms with Crippen LogP contribution in [-0.2, 0) is 13.0 Å². The fourth-order valence-corrected chi connectivity index (χ4v) is 2.78. The fourth-order valence-electron chi connectivity index (χ4n) is 1.52. The van der Waals surface area contributed by atoms with E-state index in [-0.39, 0.29) is 0 Å². The molecule has 4 heteroatoms. The smallest absolute Gasteiger partial charge is 0.0925 e. The molecule has 0 aliphatic carbocycles. The molecular formula is C13H16N2S2. The van der Waals surface area contributed by atoms with Crippen LogP contribution in [0.5, 0.6) is 0 Å². The second-order valence-corrected chi connectivity index (χ2v) is 5.74. The van der Waals surface area contributed by atoms with Crippen molar-refractivity contribution in [3.05, 3.63) is 40.3 Å². The summed E-state index contributed by atoms with van der Waals surface area (Å²) in [6.07, 6.45) is 5.08. The van der Waals surface area contributed by atoms with Gasteiger partial charge >= 0.3 is 0 Å². The van der Waals surface area contributed by atoms with Crippen LogP contribution in [0.4, 0.5) is 5.69 Å². The molecule has 1 aromatic carbocycles. The molecule has 0 bridgehead atoms. The van der Waals surface area contributed by atoms with Gasteiger partial charge in [-0.05, 0) is 30.9 Å². The Morgan fingerprint density at radius 2 is 2.29 bits per heavy atom. The lowest BCUT2D eigenvalue weighted by Gasteiger charge is -2.05. The summed E-state index contributed by atoms with van der Waals surface area (Å²) in [4.78, 5) is 6.93. The maximum atomic E-state index is 4.36. The zero-order valence-corrected chi connectivity index (χ0v) is 11.7. The van der Waals surface area contributed by atoms with E-state index < -0.39 is 0 Å². The first-order valence-corrected chi connectivity index (χ1v) is 7.67. The predicted octanol–water partition coefficient (Wildman–Crippen LogP) is 4.04. The summed E-state index contributed by atoms with van der Waals surface area (Å²) in [6, 6.07) is 8.48. The Balaban J connectivity index is 1.96. The largest absolute Gasteiger partial charge is 0.380 e. The minimum Gasteiger partial charge on any atom is -0.380 e. The Morgan fingerprint density at radius 3 is 3.00 bits per heavy atom. The molecule has 0 saturated carbocycles. The van der Waals surface area contributed by atoms with Crippen LogP contribution < -0.4 is 5.32 Å². The molecule has 2 aromatic rings. The van der Waals surface area contributed by atoms with Crippen molar-refractivity contribution in [2.24, 2.45) is 0 Å². The third kappa shape index (κ3) is 3.48. The SMILES string of the molecule is CCc1ncc(CNc2cccc(SC)c2)s1. The van der Waals surface area contributed by atoms with E-state index in [4.69, 9.17) is 0 Å². The van der Waals surface area contributed by atoms with Crippen LogP contribution in [-0.4, -0.2) is 11.2 Å². The molecule has 0 atom stereocenters. The number of hydrogen-bond acceptors (Lipinski definition) is 4. The highest BCUT2D eigenvalue weighted by Gasteiger charge is 2.00. The molecule has 17 heavy (non-hydrogen) atoms. The summed E-state index contributed by atoms with van der Waals surface area (Å²) in [6.45, 7) is 2.99. The molecule has 0 aliphatic heterocycles. The second-order valence-electron chi connectivity index (χ2n) is 3.66. The third-order valence-corrected chi connectivity index (χ3v) is 4.31. The van der Waals surface area contributed by atoms with E-state index in [2.05, 4.69) is 47.7 Å². The Morgan fingerprint density at radius 1 is 1.41 bits per heavy atom. The second kappa shape index (κ2) is 6.07.